The topological polar surface area (TPSA) is 38.5 Å². The number of halogens is 2. The minimum absolute atomic E-state index is 0.223. The molecule has 17 heavy (non-hydrogen) atoms. The Balaban J connectivity index is 2.63. The molecule has 0 aliphatic carbocycles. The molecule has 1 aromatic rings. The summed E-state index contributed by atoms with van der Waals surface area (Å²) in [7, 11) is 3.80. The van der Waals surface area contributed by atoms with Crippen molar-refractivity contribution in [2.75, 3.05) is 33.9 Å². The van der Waals surface area contributed by atoms with Gasteiger partial charge in [0, 0.05) is 36.2 Å². The molecule has 0 saturated carbocycles. The van der Waals surface area contributed by atoms with Crippen LogP contribution in [0.25, 0.3) is 0 Å². The third-order valence-electron chi connectivity index (χ3n) is 2.61. The summed E-state index contributed by atoms with van der Waals surface area (Å²) in [6, 6.07) is 2.28. The van der Waals surface area contributed by atoms with E-state index in [9.17, 15) is 0 Å². The van der Waals surface area contributed by atoms with Crippen LogP contribution in [0.15, 0.2) is 10.5 Å². The number of hydrogen-bond donors (Lipinski definition) is 1. The van der Waals surface area contributed by atoms with Gasteiger partial charge in [0.1, 0.15) is 4.34 Å². The van der Waals surface area contributed by atoms with E-state index >= 15 is 0 Å². The third-order valence-corrected chi connectivity index (χ3v) is 5.18. The SMILES string of the molecule is COCCCN(C)C(CN)c1cc(Br)c(Cl)s1. The largest absolute Gasteiger partial charge is 0.385 e. The van der Waals surface area contributed by atoms with Crippen LogP contribution in [-0.4, -0.2) is 38.8 Å². The number of likely N-dealkylation sites (N-methyl/N-ethyl adjacent to an activating group) is 1. The summed E-state index contributed by atoms with van der Waals surface area (Å²) in [5.74, 6) is 0. The monoisotopic (exact) mass is 340 g/mol. The van der Waals surface area contributed by atoms with E-state index in [1.165, 1.54) is 4.88 Å². The first kappa shape index (κ1) is 15.4. The summed E-state index contributed by atoms with van der Waals surface area (Å²) in [6.07, 6.45) is 1.00. The molecule has 1 rings (SSSR count). The van der Waals surface area contributed by atoms with Crippen LogP contribution in [-0.2, 0) is 4.74 Å². The molecule has 1 aromatic heterocycles. The average molecular weight is 342 g/mol. The number of nitrogens with two attached hydrogens (primary N) is 1. The van der Waals surface area contributed by atoms with Gasteiger partial charge in [0.15, 0.2) is 0 Å². The van der Waals surface area contributed by atoms with Gasteiger partial charge in [0.2, 0.25) is 0 Å². The van der Waals surface area contributed by atoms with Crippen LogP contribution >= 0.6 is 38.9 Å². The van der Waals surface area contributed by atoms with E-state index in [0.717, 1.165) is 28.4 Å². The first-order valence-corrected chi connectivity index (χ1v) is 7.42. The third kappa shape index (κ3) is 4.50. The molecule has 0 bridgehead atoms. The lowest BCUT2D eigenvalue weighted by Crippen LogP contribution is -2.31. The fraction of sp³-hybridized carbons (Fsp3) is 0.636. The highest BCUT2D eigenvalue weighted by Crippen LogP contribution is 2.36. The van der Waals surface area contributed by atoms with Crippen LogP contribution < -0.4 is 5.73 Å². The fourth-order valence-corrected chi connectivity index (χ4v) is 3.57. The summed E-state index contributed by atoms with van der Waals surface area (Å²) < 4.78 is 6.78. The van der Waals surface area contributed by atoms with E-state index in [1.54, 1.807) is 18.4 Å². The van der Waals surface area contributed by atoms with E-state index in [1.807, 2.05) is 0 Å². The van der Waals surface area contributed by atoms with E-state index in [4.69, 9.17) is 22.1 Å². The summed E-state index contributed by atoms with van der Waals surface area (Å²) >= 11 is 11.1. The number of rotatable bonds is 7. The fourth-order valence-electron chi connectivity index (χ4n) is 1.65. The Hall–Kier alpha value is 0.350. The number of thiophene rings is 1. The second kappa shape index (κ2) is 7.71. The van der Waals surface area contributed by atoms with Crippen LogP contribution in [0.4, 0.5) is 0 Å². The van der Waals surface area contributed by atoms with E-state index in [-0.39, 0.29) is 6.04 Å². The molecule has 0 radical (unpaired) electrons. The molecule has 6 heteroatoms. The van der Waals surface area contributed by atoms with E-state index in [0.29, 0.717) is 6.54 Å². The van der Waals surface area contributed by atoms with Crippen molar-refractivity contribution in [2.45, 2.75) is 12.5 Å². The van der Waals surface area contributed by atoms with Crippen LogP contribution in [0.5, 0.6) is 0 Å². The molecule has 0 aliphatic heterocycles. The van der Waals surface area contributed by atoms with Crippen molar-refractivity contribution in [3.8, 4) is 0 Å². The molecule has 1 atom stereocenters. The van der Waals surface area contributed by atoms with E-state index < -0.39 is 0 Å². The molecule has 1 unspecified atom stereocenters. The molecular formula is C11H18BrClN2OS. The van der Waals surface area contributed by atoms with Crippen molar-refractivity contribution in [1.29, 1.82) is 0 Å². The van der Waals surface area contributed by atoms with Crippen molar-refractivity contribution in [3.63, 3.8) is 0 Å². The molecule has 0 aromatic carbocycles. The Kier molecular flexibility index (Phi) is 6.99. The highest BCUT2D eigenvalue weighted by Gasteiger charge is 2.18. The Bertz CT molecular complexity index is 329. The highest BCUT2D eigenvalue weighted by atomic mass is 79.9. The maximum Gasteiger partial charge on any atom is 0.107 e. The lowest BCUT2D eigenvalue weighted by atomic mass is 10.2. The Labute approximate surface area is 120 Å². The predicted octanol–water partition coefficient (Wildman–Crippen LogP) is 3.13. The summed E-state index contributed by atoms with van der Waals surface area (Å²) in [5.41, 5.74) is 5.84. The van der Waals surface area contributed by atoms with Crippen molar-refractivity contribution < 1.29 is 4.74 Å². The van der Waals surface area contributed by atoms with Gasteiger partial charge in [0.05, 0.1) is 6.04 Å². The molecule has 0 saturated heterocycles. The smallest absolute Gasteiger partial charge is 0.107 e. The highest BCUT2D eigenvalue weighted by molar-refractivity contribution is 9.10. The van der Waals surface area contributed by atoms with Gasteiger partial charge in [-0.15, -0.1) is 11.3 Å². The number of hydrogen-bond acceptors (Lipinski definition) is 4. The summed E-state index contributed by atoms with van der Waals surface area (Å²) in [6.45, 7) is 2.33. The standard InChI is InChI=1S/C11H18BrClN2OS/c1-15(4-3-5-16-2)9(7-14)10-6-8(12)11(13)17-10/h6,9H,3-5,7,14H2,1-2H3. The zero-order valence-corrected chi connectivity index (χ0v) is 13.2. The Morgan fingerprint density at radius 3 is 2.82 bits per heavy atom. The molecule has 0 aliphatic rings. The zero-order chi connectivity index (χ0) is 12.8. The van der Waals surface area contributed by atoms with Gasteiger partial charge in [-0.3, -0.25) is 4.90 Å². The molecular weight excluding hydrogens is 324 g/mol. The second-order valence-corrected chi connectivity index (χ2v) is 6.39. The van der Waals surface area contributed by atoms with Crippen molar-refractivity contribution in [2.24, 2.45) is 5.73 Å². The van der Waals surface area contributed by atoms with Crippen LogP contribution in [0.3, 0.4) is 0 Å². The van der Waals surface area contributed by atoms with Gasteiger partial charge in [-0.25, -0.2) is 0 Å². The van der Waals surface area contributed by atoms with Crippen molar-refractivity contribution in [1.82, 2.24) is 4.90 Å². The first-order valence-electron chi connectivity index (χ1n) is 5.44. The van der Waals surface area contributed by atoms with Crippen molar-refractivity contribution in [3.05, 3.63) is 19.8 Å². The van der Waals surface area contributed by atoms with Gasteiger partial charge in [-0.1, -0.05) is 11.6 Å². The molecule has 0 spiro atoms. The minimum atomic E-state index is 0.223. The van der Waals surface area contributed by atoms with Crippen LogP contribution in [0, 0.1) is 0 Å². The number of ether oxygens (including phenoxy) is 1. The maximum absolute atomic E-state index is 6.05. The number of methoxy groups -OCH3 is 1. The Morgan fingerprint density at radius 1 is 1.65 bits per heavy atom. The maximum atomic E-state index is 6.05. The second-order valence-electron chi connectivity index (χ2n) is 3.85. The average Bonchev–Trinajstić information content (AvgIpc) is 2.60. The Morgan fingerprint density at radius 2 is 2.35 bits per heavy atom. The zero-order valence-electron chi connectivity index (χ0n) is 10.1. The predicted molar refractivity (Wildman–Crippen MR) is 77.9 cm³/mol. The number of nitrogens with zero attached hydrogens (tertiary/aromatic N) is 1. The van der Waals surface area contributed by atoms with Crippen LogP contribution in [0.2, 0.25) is 4.34 Å². The van der Waals surface area contributed by atoms with E-state index in [2.05, 4.69) is 33.9 Å². The molecule has 1 heterocycles. The van der Waals surface area contributed by atoms with Crippen molar-refractivity contribution >= 4 is 38.9 Å². The van der Waals surface area contributed by atoms with Crippen LogP contribution in [0.1, 0.15) is 17.3 Å². The van der Waals surface area contributed by atoms with Gasteiger partial charge in [-0.05, 0) is 35.5 Å². The van der Waals surface area contributed by atoms with Gasteiger partial charge >= 0.3 is 0 Å². The quantitative estimate of drug-likeness (QED) is 0.774. The summed E-state index contributed by atoms with van der Waals surface area (Å²) in [5, 5.41) is 0. The lowest BCUT2D eigenvalue weighted by molar-refractivity contribution is 0.167. The molecule has 2 N–H and O–H groups in total. The van der Waals surface area contributed by atoms with Gasteiger partial charge in [0.25, 0.3) is 0 Å². The van der Waals surface area contributed by atoms with Gasteiger partial charge < -0.3 is 10.5 Å². The summed E-state index contributed by atoms with van der Waals surface area (Å²) in [4.78, 5) is 3.44. The lowest BCUT2D eigenvalue weighted by Gasteiger charge is -2.25. The first-order chi connectivity index (χ1) is 8.10. The molecule has 3 nitrogen and oxygen atoms in total. The van der Waals surface area contributed by atoms with Gasteiger partial charge in [-0.2, -0.15) is 0 Å². The molecule has 0 fully saturated rings. The normalized spacial score (nSPS) is 13.3. The minimum Gasteiger partial charge on any atom is -0.385 e. The molecule has 98 valence electrons. The molecule has 0 amide bonds.